The van der Waals surface area contributed by atoms with Crippen LogP contribution in [0.1, 0.15) is 35.2 Å². The second kappa shape index (κ2) is 10.6. The zero-order chi connectivity index (χ0) is 28.6. The van der Waals surface area contributed by atoms with Gasteiger partial charge in [-0.05, 0) is 55.0 Å². The number of imidazole rings is 1. The summed E-state index contributed by atoms with van der Waals surface area (Å²) in [6, 6.07) is 14.4. The van der Waals surface area contributed by atoms with Crippen molar-refractivity contribution in [1.82, 2.24) is 24.2 Å². The summed E-state index contributed by atoms with van der Waals surface area (Å²) in [4.78, 5) is 33.5. The van der Waals surface area contributed by atoms with Crippen LogP contribution >= 0.6 is 0 Å². The number of amides is 2. The molecule has 1 aliphatic rings. The van der Waals surface area contributed by atoms with Crippen LogP contribution in [0.3, 0.4) is 0 Å². The highest BCUT2D eigenvalue weighted by atomic mass is 32.2. The number of carbonyl (C=O) groups is 2. The Morgan fingerprint density at radius 3 is 2.33 bits per heavy atom. The van der Waals surface area contributed by atoms with E-state index < -0.39 is 9.84 Å². The number of methoxy groups -OCH3 is 1. The third kappa shape index (κ3) is 4.97. The van der Waals surface area contributed by atoms with Gasteiger partial charge in [-0.1, -0.05) is 6.92 Å². The molecule has 0 spiro atoms. The lowest BCUT2D eigenvalue weighted by Gasteiger charge is -2.28. The van der Waals surface area contributed by atoms with Gasteiger partial charge in [-0.2, -0.15) is 5.10 Å². The fraction of sp³-hybridized carbons (Fsp3) is 0.286. The van der Waals surface area contributed by atoms with Gasteiger partial charge in [-0.3, -0.25) is 9.59 Å². The van der Waals surface area contributed by atoms with Crippen LogP contribution in [0.5, 0.6) is 5.75 Å². The smallest absolute Gasteiger partial charge is 0.277 e. The third-order valence-corrected chi connectivity index (χ3v) is 7.94. The summed E-state index contributed by atoms with van der Waals surface area (Å²) in [6.07, 6.45) is 5.37. The van der Waals surface area contributed by atoms with Crippen molar-refractivity contribution in [3.8, 4) is 17.1 Å². The van der Waals surface area contributed by atoms with Gasteiger partial charge in [0, 0.05) is 55.6 Å². The number of hydrogen-bond donors (Lipinski definition) is 0. The van der Waals surface area contributed by atoms with E-state index in [1.165, 1.54) is 4.68 Å². The van der Waals surface area contributed by atoms with Gasteiger partial charge in [-0.15, -0.1) is 0 Å². The van der Waals surface area contributed by atoms with Crippen LogP contribution in [-0.2, 0) is 27.6 Å². The Labute approximate surface area is 232 Å². The summed E-state index contributed by atoms with van der Waals surface area (Å²) in [5.74, 6) is 1.04. The zero-order valence-electron chi connectivity index (χ0n) is 22.7. The summed E-state index contributed by atoms with van der Waals surface area (Å²) in [6.45, 7) is 2.50. The molecule has 0 saturated heterocycles. The third-order valence-electron chi connectivity index (χ3n) is 6.91. The number of anilines is 1. The van der Waals surface area contributed by atoms with Crippen LogP contribution in [0.2, 0.25) is 0 Å². The Bertz CT molecular complexity index is 1670. The number of fused-ring (bicyclic) bond motifs is 1. The molecular formula is C28H30N6O5S. The molecule has 1 aliphatic heterocycles. The number of ether oxygens (including phenoxy) is 1. The fourth-order valence-electron chi connectivity index (χ4n) is 4.83. The van der Waals surface area contributed by atoms with Crippen LogP contribution in [0.4, 0.5) is 5.69 Å². The normalized spacial score (nSPS) is 13.3. The van der Waals surface area contributed by atoms with Gasteiger partial charge in [-0.25, -0.2) is 18.1 Å². The second-order valence-electron chi connectivity index (χ2n) is 9.55. The van der Waals surface area contributed by atoms with Gasteiger partial charge in [0.15, 0.2) is 14.9 Å². The SMILES string of the molecule is CCC(=O)N(C)Cc1nccn1-c1ccc(N2CCc3c(S(C)(=O)=O)nn(-c4ccc(OC)cc4)c3C2=O)cc1. The van der Waals surface area contributed by atoms with Gasteiger partial charge < -0.3 is 19.1 Å². The summed E-state index contributed by atoms with van der Waals surface area (Å²) in [5, 5.41) is 4.29. The molecular weight excluding hydrogens is 532 g/mol. The predicted octanol–water partition coefficient (Wildman–Crippen LogP) is 3.04. The predicted molar refractivity (Wildman–Crippen MR) is 149 cm³/mol. The molecule has 2 amide bonds. The molecule has 4 aromatic rings. The topological polar surface area (TPSA) is 120 Å². The lowest BCUT2D eigenvalue weighted by atomic mass is 10.1. The van der Waals surface area contributed by atoms with Gasteiger partial charge in [0.25, 0.3) is 5.91 Å². The van der Waals surface area contributed by atoms with E-state index in [1.54, 1.807) is 54.4 Å². The highest BCUT2D eigenvalue weighted by molar-refractivity contribution is 7.90. The second-order valence-corrected chi connectivity index (χ2v) is 11.5. The van der Waals surface area contributed by atoms with Crippen LogP contribution in [0.15, 0.2) is 66.0 Å². The van der Waals surface area contributed by atoms with Gasteiger partial charge in [0.1, 0.15) is 17.3 Å². The molecule has 0 saturated carbocycles. The molecule has 208 valence electrons. The molecule has 40 heavy (non-hydrogen) atoms. The average molecular weight is 563 g/mol. The van der Waals surface area contributed by atoms with E-state index in [4.69, 9.17) is 4.74 Å². The van der Waals surface area contributed by atoms with Crippen molar-refractivity contribution in [2.24, 2.45) is 0 Å². The van der Waals surface area contributed by atoms with Gasteiger partial charge in [0.05, 0.1) is 19.3 Å². The van der Waals surface area contributed by atoms with Crippen molar-refractivity contribution in [1.29, 1.82) is 0 Å². The Balaban J connectivity index is 1.47. The largest absolute Gasteiger partial charge is 0.497 e. The van der Waals surface area contributed by atoms with Crippen molar-refractivity contribution in [2.75, 3.05) is 31.9 Å². The maximum Gasteiger partial charge on any atom is 0.277 e. The first-order valence-electron chi connectivity index (χ1n) is 12.8. The summed E-state index contributed by atoms with van der Waals surface area (Å²) in [7, 11) is -0.361. The lowest BCUT2D eigenvalue weighted by Crippen LogP contribution is -2.39. The van der Waals surface area contributed by atoms with E-state index in [-0.39, 0.29) is 22.5 Å². The number of aromatic nitrogens is 4. The lowest BCUT2D eigenvalue weighted by molar-refractivity contribution is -0.130. The number of benzene rings is 2. The molecule has 0 unspecified atom stereocenters. The van der Waals surface area contributed by atoms with Crippen LogP contribution in [0, 0.1) is 0 Å². The molecule has 0 radical (unpaired) electrons. The maximum atomic E-state index is 13.8. The van der Waals surface area contributed by atoms with E-state index in [1.807, 2.05) is 42.0 Å². The number of sulfone groups is 1. The highest BCUT2D eigenvalue weighted by Gasteiger charge is 2.36. The summed E-state index contributed by atoms with van der Waals surface area (Å²) in [5.41, 5.74) is 2.70. The number of carbonyl (C=O) groups excluding carboxylic acids is 2. The first-order chi connectivity index (χ1) is 19.1. The van der Waals surface area contributed by atoms with Gasteiger partial charge in [0.2, 0.25) is 5.91 Å². The molecule has 0 aliphatic carbocycles. The molecule has 0 atom stereocenters. The number of hydrogen-bond acceptors (Lipinski definition) is 7. The molecule has 12 heteroatoms. The van der Waals surface area contributed by atoms with Crippen molar-refractivity contribution in [3.05, 3.63) is 78.0 Å². The fourth-order valence-corrected chi connectivity index (χ4v) is 5.71. The molecule has 3 heterocycles. The first-order valence-corrected chi connectivity index (χ1v) is 14.7. The molecule has 0 bridgehead atoms. The monoisotopic (exact) mass is 562 g/mol. The Hall–Kier alpha value is -4.45. The molecule has 2 aromatic carbocycles. The van der Waals surface area contributed by atoms with Crippen LogP contribution in [0.25, 0.3) is 11.4 Å². The number of rotatable bonds is 8. The Kier molecular flexibility index (Phi) is 7.19. The van der Waals surface area contributed by atoms with Crippen LogP contribution in [-0.4, -0.2) is 71.4 Å². The van der Waals surface area contributed by atoms with E-state index in [9.17, 15) is 18.0 Å². The van der Waals surface area contributed by atoms with E-state index in [2.05, 4.69) is 10.1 Å². The Morgan fingerprint density at radius 2 is 1.70 bits per heavy atom. The minimum atomic E-state index is -3.66. The number of nitrogens with zero attached hydrogens (tertiary/aromatic N) is 6. The highest BCUT2D eigenvalue weighted by Crippen LogP contribution is 2.31. The van der Waals surface area contributed by atoms with Crippen molar-refractivity contribution >= 4 is 27.3 Å². The quantitative estimate of drug-likeness (QED) is 0.324. The molecule has 2 aromatic heterocycles. The minimum Gasteiger partial charge on any atom is -0.497 e. The molecule has 0 fully saturated rings. The van der Waals surface area contributed by atoms with Gasteiger partial charge >= 0.3 is 0 Å². The van der Waals surface area contributed by atoms with Crippen molar-refractivity contribution < 1.29 is 22.7 Å². The first kappa shape index (κ1) is 27.1. The van der Waals surface area contributed by atoms with E-state index in [0.717, 1.165) is 11.9 Å². The van der Waals surface area contributed by atoms with Crippen molar-refractivity contribution in [2.45, 2.75) is 31.3 Å². The molecule has 11 nitrogen and oxygen atoms in total. The zero-order valence-corrected chi connectivity index (χ0v) is 23.6. The van der Waals surface area contributed by atoms with Crippen LogP contribution < -0.4 is 9.64 Å². The van der Waals surface area contributed by atoms with E-state index >= 15 is 0 Å². The standard InChI is InChI=1S/C28H30N6O5S/c1-5-25(35)31(2)18-24-29-15-17-32(24)19-6-8-20(9-7-19)33-16-14-23-26(28(33)36)34(30-27(23)40(4,37)38)21-10-12-22(39-3)13-11-21/h6-13,15,17H,5,14,16,18H2,1-4H3. The van der Waals surface area contributed by atoms with E-state index in [0.29, 0.717) is 54.4 Å². The molecule has 0 N–H and O–H groups in total. The summed E-state index contributed by atoms with van der Waals surface area (Å²) < 4.78 is 33.6. The van der Waals surface area contributed by atoms with Crippen molar-refractivity contribution in [3.63, 3.8) is 0 Å². The minimum absolute atomic E-state index is 0.0285. The molecule has 5 rings (SSSR count). The summed E-state index contributed by atoms with van der Waals surface area (Å²) >= 11 is 0. The maximum absolute atomic E-state index is 13.8. The Morgan fingerprint density at radius 1 is 1.05 bits per heavy atom. The average Bonchev–Trinajstić information content (AvgIpc) is 3.58.